The summed E-state index contributed by atoms with van der Waals surface area (Å²) in [5, 5.41) is 30.3. The first-order valence-electron chi connectivity index (χ1n) is 4.73. The summed E-state index contributed by atoms with van der Waals surface area (Å²) >= 11 is 0. The number of phenols is 2. The second-order valence-electron chi connectivity index (χ2n) is 3.50. The molecule has 4 nitrogen and oxygen atoms in total. The summed E-state index contributed by atoms with van der Waals surface area (Å²) in [7, 11) is 1.47. The lowest BCUT2D eigenvalue weighted by Gasteiger charge is -2.18. The van der Waals surface area contributed by atoms with Gasteiger partial charge < -0.3 is 20.6 Å². The molecule has 1 atom stereocenters. The average molecular weight is 251 g/mol. The number of hydrogen-bond donors (Lipinski definition) is 4. The molecule has 0 radical (unpaired) electrons. The first-order valence-corrected chi connectivity index (χ1v) is 4.73. The number of likely N-dealkylation sites (N-methyl/N-ethyl adjacent to an activating group) is 1. The van der Waals surface area contributed by atoms with Gasteiger partial charge in [-0.05, 0) is 24.7 Å². The molecule has 0 bridgehead atoms. The molecule has 0 aromatic heterocycles. The van der Waals surface area contributed by atoms with Crippen LogP contribution in [0.5, 0.6) is 11.5 Å². The summed E-state index contributed by atoms with van der Waals surface area (Å²) in [4.78, 5) is 0. The van der Waals surface area contributed by atoms with Crippen LogP contribution in [0.25, 0.3) is 0 Å². The van der Waals surface area contributed by atoms with Crippen LogP contribution in [0.15, 0.2) is 12.1 Å². The highest BCUT2D eigenvalue weighted by molar-refractivity contribution is 5.47. The number of rotatable bonds is 3. The zero-order chi connectivity index (χ0) is 13.2. The van der Waals surface area contributed by atoms with Gasteiger partial charge in [0.05, 0.1) is 11.7 Å². The minimum atomic E-state index is -4.71. The Labute approximate surface area is 95.3 Å². The fourth-order valence-corrected chi connectivity index (χ4v) is 1.42. The predicted octanol–water partition coefficient (Wildman–Crippen LogP) is 1.37. The Bertz CT molecular complexity index is 407. The lowest BCUT2D eigenvalue weighted by molar-refractivity contribution is -0.139. The van der Waals surface area contributed by atoms with Crippen molar-refractivity contribution in [2.45, 2.75) is 12.3 Å². The fourth-order valence-electron chi connectivity index (χ4n) is 1.42. The smallest absolute Gasteiger partial charge is 0.416 e. The van der Waals surface area contributed by atoms with Crippen LogP contribution in [0.3, 0.4) is 0 Å². The van der Waals surface area contributed by atoms with Gasteiger partial charge in [-0.2, -0.15) is 13.2 Å². The van der Waals surface area contributed by atoms with Gasteiger partial charge >= 0.3 is 6.18 Å². The van der Waals surface area contributed by atoms with Crippen molar-refractivity contribution in [3.05, 3.63) is 23.3 Å². The van der Waals surface area contributed by atoms with Crippen molar-refractivity contribution in [3.8, 4) is 11.5 Å². The van der Waals surface area contributed by atoms with Gasteiger partial charge in [-0.3, -0.25) is 0 Å². The van der Waals surface area contributed by atoms with E-state index in [4.69, 9.17) is 10.2 Å². The number of aliphatic hydroxyl groups excluding tert-OH is 1. The molecular formula is C10H12F3NO3. The molecule has 0 heterocycles. The predicted molar refractivity (Wildman–Crippen MR) is 53.7 cm³/mol. The summed E-state index contributed by atoms with van der Waals surface area (Å²) in [5.41, 5.74) is -1.65. The Kier molecular flexibility index (Phi) is 3.84. The molecule has 0 aliphatic heterocycles. The number of phenolic OH excluding ortho intramolecular Hbond substituents is 2. The van der Waals surface area contributed by atoms with Gasteiger partial charge in [0.25, 0.3) is 0 Å². The molecule has 0 fully saturated rings. The third-order valence-electron chi connectivity index (χ3n) is 2.21. The van der Waals surface area contributed by atoms with Gasteiger partial charge in [0.1, 0.15) is 0 Å². The first-order chi connectivity index (χ1) is 7.77. The topological polar surface area (TPSA) is 72.7 Å². The number of benzene rings is 1. The molecule has 0 amide bonds. The number of alkyl halides is 3. The summed E-state index contributed by atoms with van der Waals surface area (Å²) in [6.07, 6.45) is -6.14. The van der Waals surface area contributed by atoms with Gasteiger partial charge in [0.2, 0.25) is 0 Å². The average Bonchev–Trinajstić information content (AvgIpc) is 2.20. The number of aromatic hydroxyl groups is 2. The molecule has 0 aliphatic carbocycles. The van der Waals surface area contributed by atoms with E-state index in [1.807, 2.05) is 0 Å². The Morgan fingerprint density at radius 3 is 2.24 bits per heavy atom. The minimum Gasteiger partial charge on any atom is -0.504 e. The Morgan fingerprint density at radius 1 is 1.24 bits per heavy atom. The van der Waals surface area contributed by atoms with Crippen LogP contribution in [-0.4, -0.2) is 28.9 Å². The van der Waals surface area contributed by atoms with Crippen LogP contribution in [0.2, 0.25) is 0 Å². The van der Waals surface area contributed by atoms with Gasteiger partial charge in [-0.25, -0.2) is 0 Å². The molecule has 0 saturated carbocycles. The number of halogens is 3. The molecule has 0 spiro atoms. The molecule has 0 aliphatic rings. The summed E-state index contributed by atoms with van der Waals surface area (Å²) < 4.78 is 37.9. The zero-order valence-electron chi connectivity index (χ0n) is 8.91. The summed E-state index contributed by atoms with van der Waals surface area (Å²) in [6.45, 7) is -0.104. The van der Waals surface area contributed by atoms with E-state index in [2.05, 4.69) is 5.32 Å². The zero-order valence-corrected chi connectivity index (χ0v) is 8.91. The maximum Gasteiger partial charge on any atom is 0.416 e. The molecule has 0 saturated heterocycles. The van der Waals surface area contributed by atoms with E-state index in [1.54, 1.807) is 0 Å². The van der Waals surface area contributed by atoms with E-state index in [0.717, 1.165) is 0 Å². The van der Waals surface area contributed by atoms with Crippen LogP contribution in [0, 0.1) is 0 Å². The third kappa shape index (κ3) is 3.01. The molecule has 1 rings (SSSR count). The Morgan fingerprint density at radius 2 is 1.76 bits per heavy atom. The number of aliphatic hydroxyl groups is 1. The highest BCUT2D eigenvalue weighted by atomic mass is 19.4. The van der Waals surface area contributed by atoms with Crippen LogP contribution in [0.4, 0.5) is 13.2 Å². The maximum atomic E-state index is 12.6. The Hall–Kier alpha value is -1.47. The minimum absolute atomic E-state index is 0.104. The largest absolute Gasteiger partial charge is 0.504 e. The molecule has 1 aromatic carbocycles. The normalized spacial score (nSPS) is 13.7. The monoisotopic (exact) mass is 251 g/mol. The summed E-state index contributed by atoms with van der Waals surface area (Å²) in [5.74, 6) is -1.58. The number of hydrogen-bond acceptors (Lipinski definition) is 4. The second-order valence-corrected chi connectivity index (χ2v) is 3.50. The molecular weight excluding hydrogens is 239 g/mol. The lowest BCUT2D eigenvalue weighted by atomic mass is 10.0. The van der Waals surface area contributed by atoms with E-state index in [-0.39, 0.29) is 6.54 Å². The van der Waals surface area contributed by atoms with E-state index < -0.39 is 34.9 Å². The van der Waals surface area contributed by atoms with Crippen molar-refractivity contribution in [2.75, 3.05) is 13.6 Å². The van der Waals surface area contributed by atoms with Crippen LogP contribution in [0.1, 0.15) is 17.2 Å². The Balaban J connectivity index is 3.31. The lowest BCUT2D eigenvalue weighted by Crippen LogP contribution is -2.20. The quantitative estimate of drug-likeness (QED) is 0.612. The van der Waals surface area contributed by atoms with Crippen molar-refractivity contribution in [1.29, 1.82) is 0 Å². The second kappa shape index (κ2) is 4.80. The molecule has 0 unspecified atom stereocenters. The van der Waals surface area contributed by atoms with E-state index in [1.165, 1.54) is 7.05 Å². The van der Waals surface area contributed by atoms with E-state index >= 15 is 0 Å². The summed E-state index contributed by atoms with van der Waals surface area (Å²) in [6, 6.07) is 1.10. The number of nitrogens with one attached hydrogen (secondary N) is 1. The SMILES string of the molecule is CNC[C@H](O)c1cc(O)c(O)cc1C(F)(F)F. The van der Waals surface area contributed by atoms with Crippen molar-refractivity contribution >= 4 is 0 Å². The van der Waals surface area contributed by atoms with Crippen molar-refractivity contribution in [2.24, 2.45) is 0 Å². The van der Waals surface area contributed by atoms with Crippen LogP contribution < -0.4 is 5.32 Å². The van der Waals surface area contributed by atoms with Crippen molar-refractivity contribution in [1.82, 2.24) is 5.32 Å². The van der Waals surface area contributed by atoms with Crippen LogP contribution in [-0.2, 0) is 6.18 Å². The third-order valence-corrected chi connectivity index (χ3v) is 2.21. The molecule has 4 N–H and O–H groups in total. The van der Waals surface area contributed by atoms with Crippen LogP contribution >= 0.6 is 0 Å². The molecule has 96 valence electrons. The van der Waals surface area contributed by atoms with Gasteiger partial charge in [0.15, 0.2) is 11.5 Å². The molecule has 17 heavy (non-hydrogen) atoms. The fraction of sp³-hybridized carbons (Fsp3) is 0.400. The van der Waals surface area contributed by atoms with Gasteiger partial charge in [-0.1, -0.05) is 0 Å². The first kappa shape index (κ1) is 13.6. The van der Waals surface area contributed by atoms with Crippen molar-refractivity contribution < 1.29 is 28.5 Å². The highest BCUT2D eigenvalue weighted by Crippen LogP contribution is 2.40. The standard InChI is InChI=1S/C10H12F3NO3/c1-14-4-9(17)5-2-7(15)8(16)3-6(5)10(11,12)13/h2-3,9,14-17H,4H2,1H3/t9-/m0/s1. The maximum absolute atomic E-state index is 12.6. The molecule has 1 aromatic rings. The van der Waals surface area contributed by atoms with Gasteiger partial charge in [0, 0.05) is 6.54 Å². The van der Waals surface area contributed by atoms with Crippen molar-refractivity contribution in [3.63, 3.8) is 0 Å². The van der Waals surface area contributed by atoms with Gasteiger partial charge in [-0.15, -0.1) is 0 Å². The van der Waals surface area contributed by atoms with E-state index in [0.29, 0.717) is 12.1 Å². The molecule has 7 heteroatoms. The van der Waals surface area contributed by atoms with E-state index in [9.17, 15) is 18.3 Å². The highest BCUT2D eigenvalue weighted by Gasteiger charge is 2.36.